The third-order valence-corrected chi connectivity index (χ3v) is 3.64. The van der Waals surface area contributed by atoms with Gasteiger partial charge in [0.1, 0.15) is 5.82 Å². The van der Waals surface area contributed by atoms with Gasteiger partial charge >= 0.3 is 0 Å². The molecule has 2 rings (SSSR count). The van der Waals surface area contributed by atoms with Gasteiger partial charge in [-0.3, -0.25) is 0 Å². The van der Waals surface area contributed by atoms with Gasteiger partial charge in [0.05, 0.1) is 6.54 Å². The Labute approximate surface area is 99.4 Å². The summed E-state index contributed by atoms with van der Waals surface area (Å²) in [5.74, 6) is 1.88. The van der Waals surface area contributed by atoms with Crippen LogP contribution < -0.4 is 5.73 Å². The first kappa shape index (κ1) is 11.9. The van der Waals surface area contributed by atoms with E-state index in [-0.39, 0.29) is 6.61 Å². The number of unbranched alkanes of at least 4 members (excludes halogenated alkanes) is 1. The number of rotatable bonds is 7. The molecule has 1 aromatic heterocycles. The Morgan fingerprint density at radius 1 is 1.38 bits per heavy atom. The van der Waals surface area contributed by atoms with Gasteiger partial charge < -0.3 is 15.4 Å². The average Bonchev–Trinajstić information content (AvgIpc) is 3.06. The molecule has 0 atom stereocenters. The second kappa shape index (κ2) is 5.65. The topological polar surface area (TPSA) is 77.0 Å². The molecule has 0 unspecified atom stereocenters. The fourth-order valence-electron chi connectivity index (χ4n) is 1.62. The summed E-state index contributed by atoms with van der Waals surface area (Å²) in [6.45, 7) is 0.727. The molecule has 1 fully saturated rings. The predicted molar refractivity (Wildman–Crippen MR) is 63.2 cm³/mol. The highest BCUT2D eigenvalue weighted by Gasteiger charge is 2.28. The van der Waals surface area contributed by atoms with E-state index in [4.69, 9.17) is 10.8 Å². The van der Waals surface area contributed by atoms with Crippen molar-refractivity contribution in [3.63, 3.8) is 0 Å². The van der Waals surface area contributed by atoms with Crippen LogP contribution >= 0.6 is 11.8 Å². The van der Waals surface area contributed by atoms with Gasteiger partial charge in [0.2, 0.25) is 0 Å². The highest BCUT2D eigenvalue weighted by atomic mass is 32.2. The average molecular weight is 242 g/mol. The van der Waals surface area contributed by atoms with Crippen LogP contribution in [0.15, 0.2) is 5.16 Å². The van der Waals surface area contributed by atoms with Crippen molar-refractivity contribution < 1.29 is 5.11 Å². The van der Waals surface area contributed by atoms with E-state index in [1.807, 2.05) is 0 Å². The smallest absolute Gasteiger partial charge is 0.191 e. The standard InChI is InChI=1S/C10H18N4OS/c11-7-9-12-13-10(14(9)8-3-4-8)16-6-2-1-5-15/h8,15H,1-7,11H2. The number of nitrogens with zero attached hydrogens (tertiary/aromatic N) is 3. The number of hydrogen-bond acceptors (Lipinski definition) is 5. The molecule has 0 radical (unpaired) electrons. The second-order valence-corrected chi connectivity index (χ2v) is 5.05. The lowest BCUT2D eigenvalue weighted by Crippen LogP contribution is -2.08. The molecule has 1 aliphatic rings. The van der Waals surface area contributed by atoms with E-state index in [0.717, 1.165) is 29.6 Å². The van der Waals surface area contributed by atoms with Crippen LogP contribution in [-0.4, -0.2) is 32.2 Å². The highest BCUT2D eigenvalue weighted by molar-refractivity contribution is 7.99. The van der Waals surface area contributed by atoms with Crippen LogP contribution in [-0.2, 0) is 6.54 Å². The summed E-state index contributed by atoms with van der Waals surface area (Å²) in [5, 5.41) is 18.0. The number of aromatic nitrogens is 3. The van der Waals surface area contributed by atoms with Crippen molar-refractivity contribution in [1.82, 2.24) is 14.8 Å². The summed E-state index contributed by atoms with van der Waals surface area (Å²) in [4.78, 5) is 0. The van der Waals surface area contributed by atoms with E-state index >= 15 is 0 Å². The molecule has 0 amide bonds. The van der Waals surface area contributed by atoms with Crippen molar-refractivity contribution in [3.8, 4) is 0 Å². The first-order valence-electron chi connectivity index (χ1n) is 5.74. The third kappa shape index (κ3) is 2.75. The molecule has 0 spiro atoms. The van der Waals surface area contributed by atoms with Crippen LogP contribution in [0.25, 0.3) is 0 Å². The maximum Gasteiger partial charge on any atom is 0.191 e. The summed E-state index contributed by atoms with van der Waals surface area (Å²) < 4.78 is 2.18. The van der Waals surface area contributed by atoms with E-state index in [0.29, 0.717) is 12.6 Å². The molecule has 0 aromatic carbocycles. The Morgan fingerprint density at radius 2 is 2.19 bits per heavy atom. The minimum atomic E-state index is 0.268. The molecule has 1 saturated carbocycles. The molecule has 1 aromatic rings. The highest BCUT2D eigenvalue weighted by Crippen LogP contribution is 2.38. The van der Waals surface area contributed by atoms with Crippen molar-refractivity contribution in [2.24, 2.45) is 5.73 Å². The van der Waals surface area contributed by atoms with E-state index in [9.17, 15) is 0 Å². The zero-order valence-corrected chi connectivity index (χ0v) is 10.1. The van der Waals surface area contributed by atoms with E-state index in [1.54, 1.807) is 11.8 Å². The Balaban J connectivity index is 1.94. The van der Waals surface area contributed by atoms with Gasteiger partial charge in [-0.2, -0.15) is 0 Å². The fraction of sp³-hybridized carbons (Fsp3) is 0.800. The quantitative estimate of drug-likeness (QED) is 0.549. The van der Waals surface area contributed by atoms with E-state index in [2.05, 4.69) is 14.8 Å². The molecule has 3 N–H and O–H groups in total. The van der Waals surface area contributed by atoms with Crippen molar-refractivity contribution in [1.29, 1.82) is 0 Å². The zero-order chi connectivity index (χ0) is 11.4. The molecule has 1 heterocycles. The van der Waals surface area contributed by atoms with Gasteiger partial charge in [-0.1, -0.05) is 11.8 Å². The van der Waals surface area contributed by atoms with Gasteiger partial charge in [-0.25, -0.2) is 0 Å². The molecule has 1 aliphatic carbocycles. The van der Waals surface area contributed by atoms with Gasteiger partial charge in [0, 0.05) is 18.4 Å². The SMILES string of the molecule is NCc1nnc(SCCCCO)n1C1CC1. The predicted octanol–water partition coefficient (Wildman–Crippen LogP) is 0.936. The molecule has 6 heteroatoms. The monoisotopic (exact) mass is 242 g/mol. The Kier molecular flexibility index (Phi) is 4.20. The van der Waals surface area contributed by atoms with Crippen molar-refractivity contribution >= 4 is 11.8 Å². The summed E-state index contributed by atoms with van der Waals surface area (Å²) >= 11 is 1.71. The van der Waals surface area contributed by atoms with Crippen LogP contribution in [0.4, 0.5) is 0 Å². The summed E-state index contributed by atoms with van der Waals surface area (Å²) in [6.07, 6.45) is 4.30. The second-order valence-electron chi connectivity index (χ2n) is 3.98. The zero-order valence-electron chi connectivity index (χ0n) is 9.30. The minimum Gasteiger partial charge on any atom is -0.396 e. The van der Waals surface area contributed by atoms with Crippen LogP contribution in [0.5, 0.6) is 0 Å². The molecule has 16 heavy (non-hydrogen) atoms. The first-order valence-corrected chi connectivity index (χ1v) is 6.73. The summed E-state index contributed by atoms with van der Waals surface area (Å²) in [5.41, 5.74) is 5.64. The molecule has 0 saturated heterocycles. The molecular weight excluding hydrogens is 224 g/mol. The molecule has 5 nitrogen and oxygen atoms in total. The maximum atomic E-state index is 8.70. The maximum absolute atomic E-state index is 8.70. The van der Waals surface area contributed by atoms with Crippen LogP contribution in [0.3, 0.4) is 0 Å². The molecule has 0 bridgehead atoms. The Hall–Kier alpha value is -0.590. The number of aliphatic hydroxyl groups excluding tert-OH is 1. The lowest BCUT2D eigenvalue weighted by molar-refractivity contribution is 0.287. The van der Waals surface area contributed by atoms with Gasteiger partial charge in [-0.05, 0) is 25.7 Å². The molecular formula is C10H18N4OS. The number of hydrogen-bond donors (Lipinski definition) is 2. The van der Waals surface area contributed by atoms with Gasteiger partial charge in [0.25, 0.3) is 0 Å². The van der Waals surface area contributed by atoms with Crippen molar-refractivity contribution in [2.45, 2.75) is 43.4 Å². The van der Waals surface area contributed by atoms with Gasteiger partial charge in [-0.15, -0.1) is 10.2 Å². The Bertz CT molecular complexity index is 338. The lowest BCUT2D eigenvalue weighted by atomic mass is 10.4. The summed E-state index contributed by atoms with van der Waals surface area (Å²) in [6, 6.07) is 0.578. The van der Waals surface area contributed by atoms with Crippen LogP contribution in [0.1, 0.15) is 37.5 Å². The first-order chi connectivity index (χ1) is 7.86. The molecule has 0 aliphatic heterocycles. The minimum absolute atomic E-state index is 0.268. The van der Waals surface area contributed by atoms with Crippen LogP contribution in [0, 0.1) is 0 Å². The Morgan fingerprint density at radius 3 is 2.81 bits per heavy atom. The number of aliphatic hydroxyl groups is 1. The van der Waals surface area contributed by atoms with Gasteiger partial charge in [0.15, 0.2) is 5.16 Å². The van der Waals surface area contributed by atoms with Crippen molar-refractivity contribution in [3.05, 3.63) is 5.82 Å². The number of thioether (sulfide) groups is 1. The lowest BCUT2D eigenvalue weighted by Gasteiger charge is -2.06. The normalized spacial score (nSPS) is 15.6. The van der Waals surface area contributed by atoms with Crippen molar-refractivity contribution in [2.75, 3.05) is 12.4 Å². The van der Waals surface area contributed by atoms with E-state index < -0.39 is 0 Å². The molecule has 90 valence electrons. The fourth-order valence-corrected chi connectivity index (χ4v) is 2.64. The largest absolute Gasteiger partial charge is 0.396 e. The third-order valence-electron chi connectivity index (χ3n) is 2.61. The van der Waals surface area contributed by atoms with E-state index in [1.165, 1.54) is 12.8 Å². The number of nitrogens with two attached hydrogens (primary N) is 1. The summed E-state index contributed by atoms with van der Waals surface area (Å²) in [7, 11) is 0. The van der Waals surface area contributed by atoms with Crippen LogP contribution in [0.2, 0.25) is 0 Å².